The van der Waals surface area contributed by atoms with E-state index in [4.69, 9.17) is 25.2 Å². The maximum Gasteiger partial charge on any atom is 0.410 e. The van der Waals surface area contributed by atoms with Gasteiger partial charge in [-0.3, -0.25) is 4.79 Å². The molecule has 1 atom stereocenters. The van der Waals surface area contributed by atoms with Crippen molar-refractivity contribution in [2.45, 2.75) is 57.3 Å². The van der Waals surface area contributed by atoms with Crippen molar-refractivity contribution in [2.24, 2.45) is 0 Å². The zero-order valence-corrected chi connectivity index (χ0v) is 24.6. The minimum atomic E-state index is -2.11. The van der Waals surface area contributed by atoms with E-state index in [1.807, 2.05) is 0 Å². The van der Waals surface area contributed by atoms with Crippen LogP contribution in [0.3, 0.4) is 0 Å². The van der Waals surface area contributed by atoms with Gasteiger partial charge in [0.2, 0.25) is 17.6 Å². The molecule has 0 saturated carbocycles. The van der Waals surface area contributed by atoms with Gasteiger partial charge in [0.25, 0.3) is 5.91 Å². The molecule has 2 aromatic rings. The zero-order valence-electron chi connectivity index (χ0n) is 24.6. The fourth-order valence-corrected chi connectivity index (χ4v) is 6.14. The third-order valence-corrected chi connectivity index (χ3v) is 8.36. The number of aromatic nitrogens is 4. The van der Waals surface area contributed by atoms with E-state index in [0.29, 0.717) is 64.7 Å². The number of carbonyl (C=O) groups excluding carboxylic acids is 2. The number of hydrogen-bond acceptors (Lipinski definition) is 11. The molecule has 6 heterocycles. The van der Waals surface area contributed by atoms with Crippen LogP contribution in [0.15, 0.2) is 12.4 Å². The quantitative estimate of drug-likeness (QED) is 0.561. The number of rotatable bonds is 4. The first-order valence-corrected chi connectivity index (χ1v) is 14.4. The third kappa shape index (κ3) is 5.16. The highest BCUT2D eigenvalue weighted by molar-refractivity contribution is 5.89. The van der Waals surface area contributed by atoms with E-state index < -0.39 is 28.8 Å². The van der Waals surface area contributed by atoms with Gasteiger partial charge >= 0.3 is 6.09 Å². The second kappa shape index (κ2) is 10.2. The summed E-state index contributed by atoms with van der Waals surface area (Å²) in [7, 11) is 0. The molecule has 6 rings (SSSR count). The van der Waals surface area contributed by atoms with Gasteiger partial charge in [0.15, 0.2) is 0 Å². The summed E-state index contributed by atoms with van der Waals surface area (Å²) in [5, 5.41) is 0. The van der Waals surface area contributed by atoms with Crippen LogP contribution >= 0.6 is 0 Å². The molecule has 2 aromatic heterocycles. The van der Waals surface area contributed by atoms with E-state index in [-0.39, 0.29) is 19.0 Å². The van der Waals surface area contributed by atoms with E-state index >= 15 is 4.39 Å². The fourth-order valence-electron chi connectivity index (χ4n) is 6.14. The van der Waals surface area contributed by atoms with Crippen LogP contribution in [0.5, 0.6) is 0 Å². The molecule has 0 aromatic carbocycles. The summed E-state index contributed by atoms with van der Waals surface area (Å²) in [6.07, 6.45) is 4.10. The molecule has 13 nitrogen and oxygen atoms in total. The predicted molar refractivity (Wildman–Crippen MR) is 153 cm³/mol. The first kappa shape index (κ1) is 28.3. The molecule has 2 amide bonds. The van der Waals surface area contributed by atoms with Crippen molar-refractivity contribution < 1.29 is 23.5 Å². The molecule has 0 bridgehead atoms. The van der Waals surface area contributed by atoms with Gasteiger partial charge < -0.3 is 34.8 Å². The molecule has 2 N–H and O–H groups in total. The number of halogens is 1. The van der Waals surface area contributed by atoms with E-state index in [9.17, 15) is 9.59 Å². The maximum atomic E-state index is 15.7. The number of nitrogen functional groups attached to an aromatic ring is 1. The molecule has 4 aliphatic rings. The summed E-state index contributed by atoms with van der Waals surface area (Å²) in [5.74, 6) is 1.02. The molecule has 0 unspecified atom stereocenters. The Morgan fingerprint density at radius 3 is 2.38 bits per heavy atom. The third-order valence-electron chi connectivity index (χ3n) is 8.36. The van der Waals surface area contributed by atoms with Gasteiger partial charge in [0, 0.05) is 56.2 Å². The summed E-state index contributed by atoms with van der Waals surface area (Å²) < 4.78 is 26.5. The standard InChI is InChI=1S/C28H38FN9O4/c1-26(2,3)42-25(40)37-16-28(29,17-37)22(39)36-8-6-27(4,15-36)38-7-5-19-20(18-13-31-23(30)32-14-18)33-24(34-21(19)38)35-9-11-41-12-10-35/h13-14H,5-12,15-17H2,1-4H3,(H2,30,31,32)/t27-/m0/s1. The fraction of sp³-hybridized carbons (Fsp3) is 0.643. The lowest BCUT2D eigenvalue weighted by atomic mass is 9.94. The topological polar surface area (TPSA) is 143 Å². The van der Waals surface area contributed by atoms with Crippen molar-refractivity contribution >= 4 is 29.7 Å². The minimum Gasteiger partial charge on any atom is -0.444 e. The lowest BCUT2D eigenvalue weighted by molar-refractivity contribution is -0.154. The first-order chi connectivity index (χ1) is 19.9. The Bertz CT molecular complexity index is 1370. The molecule has 0 aliphatic carbocycles. The van der Waals surface area contributed by atoms with Gasteiger partial charge in [-0.15, -0.1) is 0 Å². The van der Waals surface area contributed by atoms with Gasteiger partial charge in [-0.25, -0.2) is 24.1 Å². The highest BCUT2D eigenvalue weighted by atomic mass is 19.1. The van der Waals surface area contributed by atoms with E-state index in [1.165, 1.54) is 4.90 Å². The summed E-state index contributed by atoms with van der Waals surface area (Å²) in [4.78, 5) is 51.2. The number of carbonyl (C=O) groups is 2. The lowest BCUT2D eigenvalue weighted by Gasteiger charge is -2.45. The number of alkyl halides is 1. The molecular formula is C28H38FN9O4. The molecule has 226 valence electrons. The van der Waals surface area contributed by atoms with Crippen molar-refractivity contribution in [3.63, 3.8) is 0 Å². The average molecular weight is 584 g/mol. The molecule has 3 fully saturated rings. The Kier molecular flexibility index (Phi) is 6.86. The van der Waals surface area contributed by atoms with Crippen molar-refractivity contribution in [3.05, 3.63) is 18.0 Å². The van der Waals surface area contributed by atoms with Gasteiger partial charge in [0.05, 0.1) is 37.5 Å². The number of likely N-dealkylation sites (tertiary alicyclic amines) is 2. The number of nitrogens with two attached hydrogens (primary N) is 1. The predicted octanol–water partition coefficient (Wildman–Crippen LogP) is 1.66. The van der Waals surface area contributed by atoms with Gasteiger partial charge in [-0.05, 0) is 40.5 Å². The van der Waals surface area contributed by atoms with Crippen LogP contribution in [0.25, 0.3) is 11.3 Å². The summed E-state index contributed by atoms with van der Waals surface area (Å²) in [5.41, 5.74) is 4.99. The SMILES string of the molecule is CC(C)(C)OC(=O)N1CC(F)(C(=O)N2CC[C@](C)(N3CCc4c(-c5cnc(N)nc5)nc(N5CCOCC5)nc43)C2)C1. The summed E-state index contributed by atoms with van der Waals surface area (Å²) in [6.45, 7) is 10.7. The van der Waals surface area contributed by atoms with Crippen LogP contribution < -0.4 is 15.5 Å². The number of anilines is 3. The average Bonchev–Trinajstić information content (AvgIpc) is 3.55. The summed E-state index contributed by atoms with van der Waals surface area (Å²) >= 11 is 0. The second-order valence-corrected chi connectivity index (χ2v) is 12.8. The van der Waals surface area contributed by atoms with Crippen LogP contribution in [0.4, 0.5) is 26.9 Å². The van der Waals surface area contributed by atoms with Gasteiger partial charge in [0.1, 0.15) is 11.4 Å². The molecular weight excluding hydrogens is 545 g/mol. The van der Waals surface area contributed by atoms with Crippen LogP contribution in [-0.2, 0) is 20.7 Å². The number of ether oxygens (including phenoxy) is 2. The highest BCUT2D eigenvalue weighted by Crippen LogP contribution is 2.42. The smallest absolute Gasteiger partial charge is 0.410 e. The second-order valence-electron chi connectivity index (χ2n) is 12.8. The van der Waals surface area contributed by atoms with E-state index in [1.54, 1.807) is 38.1 Å². The van der Waals surface area contributed by atoms with Crippen molar-refractivity contribution in [2.75, 3.05) is 74.6 Å². The number of morpholine rings is 1. The van der Waals surface area contributed by atoms with Crippen molar-refractivity contribution in [1.82, 2.24) is 29.7 Å². The molecule has 0 radical (unpaired) electrons. The molecule has 14 heteroatoms. The largest absolute Gasteiger partial charge is 0.444 e. The van der Waals surface area contributed by atoms with Crippen LogP contribution in [-0.4, -0.2) is 118 Å². The van der Waals surface area contributed by atoms with Crippen LogP contribution in [0, 0.1) is 0 Å². The van der Waals surface area contributed by atoms with Crippen LogP contribution in [0.2, 0.25) is 0 Å². The Morgan fingerprint density at radius 2 is 1.71 bits per heavy atom. The Labute approximate surface area is 244 Å². The molecule has 42 heavy (non-hydrogen) atoms. The lowest BCUT2D eigenvalue weighted by Crippen LogP contribution is -2.68. The van der Waals surface area contributed by atoms with Crippen molar-refractivity contribution in [1.29, 1.82) is 0 Å². The zero-order chi connectivity index (χ0) is 29.9. The first-order valence-electron chi connectivity index (χ1n) is 14.4. The maximum absolute atomic E-state index is 15.7. The Balaban J connectivity index is 1.23. The molecule has 4 aliphatic heterocycles. The number of amides is 2. The Hall–Kier alpha value is -3.81. The van der Waals surface area contributed by atoms with Crippen LogP contribution in [0.1, 0.15) is 39.7 Å². The number of hydrogen-bond donors (Lipinski definition) is 1. The number of fused-ring (bicyclic) bond motifs is 1. The highest BCUT2D eigenvalue weighted by Gasteiger charge is 2.56. The van der Waals surface area contributed by atoms with E-state index in [2.05, 4.69) is 26.7 Å². The summed E-state index contributed by atoms with van der Waals surface area (Å²) in [6, 6.07) is 0. The normalized spacial score (nSPS) is 23.5. The number of nitrogens with zero attached hydrogens (tertiary/aromatic N) is 8. The molecule has 3 saturated heterocycles. The van der Waals surface area contributed by atoms with Gasteiger partial charge in [-0.2, -0.15) is 4.98 Å². The Morgan fingerprint density at radius 1 is 1.02 bits per heavy atom. The van der Waals surface area contributed by atoms with Crippen molar-refractivity contribution in [3.8, 4) is 11.3 Å². The minimum absolute atomic E-state index is 0.189. The van der Waals surface area contributed by atoms with Gasteiger partial charge in [-0.1, -0.05) is 0 Å². The molecule has 0 spiro atoms. The monoisotopic (exact) mass is 583 g/mol. The van der Waals surface area contributed by atoms with E-state index in [0.717, 1.165) is 22.6 Å².